The number of hydrazone groups is 1. The normalized spacial score (nSPS) is 11.3. The number of methoxy groups -OCH3 is 2. The van der Waals surface area contributed by atoms with Gasteiger partial charge in [0.25, 0.3) is 11.8 Å². The summed E-state index contributed by atoms with van der Waals surface area (Å²) in [5, 5.41) is 26.7. The molecule has 0 spiro atoms. The molecule has 0 fully saturated rings. The Bertz CT molecular complexity index is 1330. The molecule has 3 aromatic carbocycles. The number of nitrogens with one attached hydrogen (secondary N) is 2. The molecule has 3 aromatic rings. The zero-order valence-electron chi connectivity index (χ0n) is 20.3. The van der Waals surface area contributed by atoms with Crippen molar-refractivity contribution in [1.82, 2.24) is 10.7 Å². The van der Waals surface area contributed by atoms with Gasteiger partial charge in [0.05, 0.1) is 20.4 Å². The maximum absolute atomic E-state index is 13.0. The fourth-order valence-corrected chi connectivity index (χ4v) is 3.33. The number of benzene rings is 3. The number of aromatic hydroxyl groups is 2. The molecule has 186 valence electrons. The first-order valence-electron chi connectivity index (χ1n) is 10.9. The van der Waals surface area contributed by atoms with Gasteiger partial charge in [0, 0.05) is 16.7 Å². The lowest BCUT2D eigenvalue weighted by molar-refractivity contribution is -0.117. The molecular weight excluding hydrogens is 462 g/mol. The summed E-state index contributed by atoms with van der Waals surface area (Å²) in [6.45, 7) is 3.24. The van der Waals surface area contributed by atoms with Gasteiger partial charge >= 0.3 is 0 Å². The number of nitrogens with zero attached hydrogens (tertiary/aromatic N) is 1. The first-order chi connectivity index (χ1) is 17.2. The van der Waals surface area contributed by atoms with Crippen LogP contribution in [0.2, 0.25) is 0 Å². The smallest absolute Gasteiger partial charge is 0.287 e. The second kappa shape index (κ2) is 11.6. The predicted molar refractivity (Wildman–Crippen MR) is 136 cm³/mol. The van der Waals surface area contributed by atoms with Crippen molar-refractivity contribution in [3.8, 4) is 23.0 Å². The van der Waals surface area contributed by atoms with E-state index in [1.54, 1.807) is 62.4 Å². The highest BCUT2D eigenvalue weighted by atomic mass is 16.5. The molecule has 0 aliphatic heterocycles. The highest BCUT2D eigenvalue weighted by Gasteiger charge is 2.16. The fraction of sp³-hybridized carbons (Fsp3) is 0.148. The third-order valence-electron chi connectivity index (χ3n) is 5.38. The Hall–Kier alpha value is -4.79. The van der Waals surface area contributed by atoms with Crippen LogP contribution in [0, 0.1) is 13.8 Å². The molecule has 2 amide bonds. The van der Waals surface area contributed by atoms with Crippen LogP contribution in [0.5, 0.6) is 23.0 Å². The third-order valence-corrected chi connectivity index (χ3v) is 5.38. The molecule has 0 aliphatic carbocycles. The summed E-state index contributed by atoms with van der Waals surface area (Å²) < 4.78 is 10.6. The van der Waals surface area contributed by atoms with Crippen LogP contribution in [0.4, 0.5) is 0 Å². The number of ether oxygens (including phenoxy) is 2. The van der Waals surface area contributed by atoms with Gasteiger partial charge in [0.2, 0.25) is 0 Å². The average molecular weight is 490 g/mol. The zero-order valence-corrected chi connectivity index (χ0v) is 20.3. The van der Waals surface area contributed by atoms with Gasteiger partial charge in [0.1, 0.15) is 17.2 Å². The molecule has 0 saturated carbocycles. The number of aryl methyl sites for hydroxylation is 1. The summed E-state index contributed by atoms with van der Waals surface area (Å²) in [6.07, 6.45) is 2.74. The van der Waals surface area contributed by atoms with Gasteiger partial charge in [-0.3, -0.25) is 9.59 Å². The van der Waals surface area contributed by atoms with E-state index < -0.39 is 11.8 Å². The van der Waals surface area contributed by atoms with Crippen LogP contribution in [-0.2, 0) is 4.79 Å². The van der Waals surface area contributed by atoms with E-state index in [9.17, 15) is 19.8 Å². The highest BCUT2D eigenvalue weighted by Crippen LogP contribution is 2.31. The second-order valence-electron chi connectivity index (χ2n) is 7.79. The Morgan fingerprint density at radius 3 is 2.31 bits per heavy atom. The topological polar surface area (TPSA) is 129 Å². The Labute approximate surface area is 208 Å². The second-order valence-corrected chi connectivity index (χ2v) is 7.79. The minimum atomic E-state index is -0.696. The molecule has 4 N–H and O–H groups in total. The van der Waals surface area contributed by atoms with Crippen molar-refractivity contribution >= 4 is 24.1 Å². The molecule has 0 saturated heterocycles. The standard InChI is InChI=1S/C27H27N3O6/c1-16-12-22(31)17(2)25(32)20(16)15-28-30-27(34)21(29-26(33)19-8-6-5-7-9-19)13-18-10-11-23(35-3)24(14-18)36-4/h5-15,31-32H,1-4H3,(H,29,33)(H,30,34). The Balaban J connectivity index is 1.91. The van der Waals surface area contributed by atoms with Crippen LogP contribution in [0.25, 0.3) is 6.08 Å². The SMILES string of the molecule is COc1ccc(C=C(NC(=O)c2ccccc2)C(=O)NN=Cc2c(C)cc(O)c(C)c2O)cc1OC. The predicted octanol–water partition coefficient (Wildman–Crippen LogP) is 3.65. The van der Waals surface area contributed by atoms with Crippen molar-refractivity contribution in [1.29, 1.82) is 0 Å². The highest BCUT2D eigenvalue weighted by molar-refractivity contribution is 6.05. The van der Waals surface area contributed by atoms with E-state index in [-0.39, 0.29) is 22.8 Å². The number of carbonyl (C=O) groups is 2. The van der Waals surface area contributed by atoms with E-state index in [1.165, 1.54) is 32.6 Å². The van der Waals surface area contributed by atoms with E-state index in [2.05, 4.69) is 15.8 Å². The molecule has 3 rings (SSSR count). The quantitative estimate of drug-likeness (QED) is 0.217. The maximum atomic E-state index is 13.0. The lowest BCUT2D eigenvalue weighted by Gasteiger charge is -2.11. The van der Waals surface area contributed by atoms with E-state index in [1.807, 2.05) is 0 Å². The number of amides is 2. The summed E-state index contributed by atoms with van der Waals surface area (Å²) in [6, 6.07) is 15.0. The average Bonchev–Trinajstić information content (AvgIpc) is 2.89. The van der Waals surface area contributed by atoms with Gasteiger partial charge in [-0.25, -0.2) is 5.43 Å². The Kier molecular flexibility index (Phi) is 8.30. The summed E-state index contributed by atoms with van der Waals surface area (Å²) in [5.41, 5.74) is 4.42. The lowest BCUT2D eigenvalue weighted by Crippen LogP contribution is -2.32. The first-order valence-corrected chi connectivity index (χ1v) is 10.9. The molecule has 9 nitrogen and oxygen atoms in total. The number of rotatable bonds is 8. The lowest BCUT2D eigenvalue weighted by atomic mass is 10.0. The molecule has 0 atom stereocenters. The van der Waals surface area contributed by atoms with Gasteiger partial charge in [-0.15, -0.1) is 0 Å². The molecule has 36 heavy (non-hydrogen) atoms. The minimum Gasteiger partial charge on any atom is -0.508 e. The molecule has 0 aliphatic rings. The van der Waals surface area contributed by atoms with E-state index in [4.69, 9.17) is 9.47 Å². The first kappa shape index (κ1) is 25.8. The monoisotopic (exact) mass is 489 g/mol. The van der Waals surface area contributed by atoms with E-state index in [0.717, 1.165) is 0 Å². The van der Waals surface area contributed by atoms with Crippen LogP contribution in [0.15, 0.2) is 65.4 Å². The van der Waals surface area contributed by atoms with E-state index >= 15 is 0 Å². The van der Waals surface area contributed by atoms with Crippen molar-refractivity contribution in [3.05, 3.63) is 88.1 Å². The summed E-state index contributed by atoms with van der Waals surface area (Å²) in [5.74, 6) is -0.411. The Morgan fingerprint density at radius 2 is 1.64 bits per heavy atom. The van der Waals surface area contributed by atoms with E-state index in [0.29, 0.717) is 33.8 Å². The molecule has 0 heterocycles. The van der Waals surface area contributed by atoms with Gasteiger partial charge in [-0.05, 0) is 61.4 Å². The number of hydrogen-bond acceptors (Lipinski definition) is 7. The number of phenols is 2. The maximum Gasteiger partial charge on any atom is 0.287 e. The van der Waals surface area contributed by atoms with Crippen molar-refractivity contribution in [3.63, 3.8) is 0 Å². The Morgan fingerprint density at radius 1 is 0.944 bits per heavy atom. The number of hydrogen-bond donors (Lipinski definition) is 4. The zero-order chi connectivity index (χ0) is 26.2. The fourth-order valence-electron chi connectivity index (χ4n) is 3.33. The van der Waals surface area contributed by atoms with Crippen LogP contribution in [-0.4, -0.2) is 42.5 Å². The molecule has 0 bridgehead atoms. The molecule has 0 unspecified atom stereocenters. The van der Waals surface area contributed by atoms with Crippen molar-refractivity contribution in [2.24, 2.45) is 5.10 Å². The summed E-state index contributed by atoms with van der Waals surface area (Å²) in [4.78, 5) is 25.8. The van der Waals surface area contributed by atoms with Crippen LogP contribution >= 0.6 is 0 Å². The van der Waals surface area contributed by atoms with Crippen molar-refractivity contribution in [2.45, 2.75) is 13.8 Å². The van der Waals surface area contributed by atoms with Gasteiger partial charge in [-0.1, -0.05) is 24.3 Å². The number of phenolic OH excluding ortho intramolecular Hbond substituents is 2. The van der Waals surface area contributed by atoms with Crippen LogP contribution < -0.4 is 20.2 Å². The van der Waals surface area contributed by atoms with Crippen molar-refractivity contribution < 1.29 is 29.3 Å². The van der Waals surface area contributed by atoms with Gasteiger partial charge in [0.15, 0.2) is 11.5 Å². The van der Waals surface area contributed by atoms with Crippen molar-refractivity contribution in [2.75, 3.05) is 14.2 Å². The number of carbonyl (C=O) groups excluding carboxylic acids is 2. The largest absolute Gasteiger partial charge is 0.508 e. The van der Waals surface area contributed by atoms with Crippen LogP contribution in [0.1, 0.15) is 32.6 Å². The van der Waals surface area contributed by atoms with Gasteiger partial charge < -0.3 is 25.0 Å². The molecule has 0 aromatic heterocycles. The van der Waals surface area contributed by atoms with Gasteiger partial charge in [-0.2, -0.15) is 5.10 Å². The minimum absolute atomic E-state index is 0.0463. The third kappa shape index (κ3) is 6.01. The molecular formula is C27H27N3O6. The molecule has 0 radical (unpaired) electrons. The molecule has 9 heteroatoms. The summed E-state index contributed by atoms with van der Waals surface area (Å²) >= 11 is 0. The summed E-state index contributed by atoms with van der Waals surface area (Å²) in [7, 11) is 3.01. The van der Waals surface area contributed by atoms with Crippen LogP contribution in [0.3, 0.4) is 0 Å².